The van der Waals surface area contributed by atoms with Crippen molar-refractivity contribution >= 4 is 11.5 Å². The van der Waals surface area contributed by atoms with E-state index in [1.165, 1.54) is 0 Å². The molecule has 0 radical (unpaired) electrons. The lowest BCUT2D eigenvalue weighted by molar-refractivity contribution is 0.189. The minimum Gasteiger partial charge on any atom is -0.459 e. The Morgan fingerprint density at radius 3 is 2.91 bits per heavy atom. The molecular weight excluding hydrogens is 280 g/mol. The van der Waals surface area contributed by atoms with Gasteiger partial charge in [-0.3, -0.25) is 0 Å². The van der Waals surface area contributed by atoms with Crippen molar-refractivity contribution in [2.75, 3.05) is 5.73 Å². The SMILES string of the molecule is CCC[C@H](C)Oc1nc(N)c2ncc(C[C@H]3C[C@@H](N)C3)n2n1. The molecule has 4 N–H and O–H groups in total. The first-order chi connectivity index (χ1) is 10.6. The van der Waals surface area contributed by atoms with Gasteiger partial charge in [-0.05, 0) is 38.5 Å². The highest BCUT2D eigenvalue weighted by Crippen LogP contribution is 2.29. The second kappa shape index (κ2) is 6.08. The molecule has 1 saturated carbocycles. The van der Waals surface area contributed by atoms with E-state index in [2.05, 4.69) is 22.0 Å². The van der Waals surface area contributed by atoms with Crippen LogP contribution in [0.3, 0.4) is 0 Å². The Hall–Kier alpha value is -1.89. The fourth-order valence-electron chi connectivity index (χ4n) is 3.01. The summed E-state index contributed by atoms with van der Waals surface area (Å²) in [5.74, 6) is 0.958. The van der Waals surface area contributed by atoms with Crippen LogP contribution in [0.2, 0.25) is 0 Å². The molecule has 1 fully saturated rings. The highest BCUT2D eigenvalue weighted by atomic mass is 16.5. The number of imidazole rings is 1. The first kappa shape index (κ1) is 15.0. The zero-order valence-electron chi connectivity index (χ0n) is 13.2. The van der Waals surface area contributed by atoms with Gasteiger partial charge in [-0.2, -0.15) is 4.98 Å². The molecule has 0 aromatic carbocycles. The Labute approximate surface area is 130 Å². The van der Waals surface area contributed by atoms with Crippen molar-refractivity contribution < 1.29 is 4.74 Å². The third-order valence-corrected chi connectivity index (χ3v) is 4.21. The average molecular weight is 304 g/mol. The predicted octanol–water partition coefficient (Wildman–Crippen LogP) is 1.55. The lowest BCUT2D eigenvalue weighted by atomic mass is 9.78. The van der Waals surface area contributed by atoms with Gasteiger partial charge in [-0.1, -0.05) is 13.3 Å². The maximum atomic E-state index is 5.98. The largest absolute Gasteiger partial charge is 0.459 e. The van der Waals surface area contributed by atoms with Gasteiger partial charge in [0, 0.05) is 6.04 Å². The van der Waals surface area contributed by atoms with Crippen LogP contribution in [0.1, 0.15) is 45.2 Å². The van der Waals surface area contributed by atoms with Crippen molar-refractivity contribution in [3.05, 3.63) is 11.9 Å². The molecule has 0 bridgehead atoms. The molecule has 0 spiro atoms. The van der Waals surface area contributed by atoms with Gasteiger partial charge in [-0.15, -0.1) is 5.10 Å². The zero-order valence-corrected chi connectivity index (χ0v) is 13.2. The highest BCUT2D eigenvalue weighted by molar-refractivity contribution is 5.59. The molecule has 22 heavy (non-hydrogen) atoms. The molecule has 0 amide bonds. The summed E-state index contributed by atoms with van der Waals surface area (Å²) in [6.07, 6.45) is 6.93. The zero-order chi connectivity index (χ0) is 15.7. The maximum Gasteiger partial charge on any atom is 0.336 e. The number of nitrogens with two attached hydrogens (primary N) is 2. The lowest BCUT2D eigenvalue weighted by Gasteiger charge is -2.32. The van der Waals surface area contributed by atoms with E-state index in [0.717, 1.165) is 37.8 Å². The van der Waals surface area contributed by atoms with Crippen molar-refractivity contribution in [2.24, 2.45) is 11.7 Å². The van der Waals surface area contributed by atoms with E-state index < -0.39 is 0 Å². The molecule has 1 aliphatic carbocycles. The fraction of sp³-hybridized carbons (Fsp3) is 0.667. The lowest BCUT2D eigenvalue weighted by Crippen LogP contribution is -2.37. The van der Waals surface area contributed by atoms with Gasteiger partial charge in [0.1, 0.15) is 0 Å². The topological polar surface area (TPSA) is 104 Å². The van der Waals surface area contributed by atoms with Gasteiger partial charge in [0.15, 0.2) is 11.5 Å². The van der Waals surface area contributed by atoms with Crippen molar-refractivity contribution in [3.8, 4) is 6.01 Å². The molecule has 7 nitrogen and oxygen atoms in total. The van der Waals surface area contributed by atoms with E-state index in [-0.39, 0.29) is 6.10 Å². The third kappa shape index (κ3) is 2.99. The Bertz CT molecular complexity index is 649. The number of hydrogen-bond acceptors (Lipinski definition) is 6. The summed E-state index contributed by atoms with van der Waals surface area (Å²) >= 11 is 0. The second-order valence-corrected chi connectivity index (χ2v) is 6.28. The van der Waals surface area contributed by atoms with Gasteiger partial charge in [0.25, 0.3) is 0 Å². The van der Waals surface area contributed by atoms with Crippen LogP contribution in [0.4, 0.5) is 5.82 Å². The fourth-order valence-corrected chi connectivity index (χ4v) is 3.01. The van der Waals surface area contributed by atoms with E-state index in [4.69, 9.17) is 16.2 Å². The second-order valence-electron chi connectivity index (χ2n) is 6.28. The minimum atomic E-state index is 0.0680. The molecule has 1 atom stereocenters. The Kier molecular flexibility index (Phi) is 4.15. The molecule has 2 aromatic heterocycles. The summed E-state index contributed by atoms with van der Waals surface area (Å²) in [6.45, 7) is 4.13. The number of ether oxygens (including phenoxy) is 1. The molecule has 2 heterocycles. The third-order valence-electron chi connectivity index (χ3n) is 4.21. The first-order valence-electron chi connectivity index (χ1n) is 7.99. The smallest absolute Gasteiger partial charge is 0.336 e. The Morgan fingerprint density at radius 1 is 1.45 bits per heavy atom. The number of fused-ring (bicyclic) bond motifs is 1. The molecule has 7 heteroatoms. The van der Waals surface area contributed by atoms with E-state index in [0.29, 0.717) is 29.4 Å². The number of anilines is 1. The van der Waals surface area contributed by atoms with Gasteiger partial charge in [0.2, 0.25) is 0 Å². The number of rotatable bonds is 6. The van der Waals surface area contributed by atoms with Gasteiger partial charge in [0.05, 0.1) is 18.0 Å². The van der Waals surface area contributed by atoms with Crippen LogP contribution >= 0.6 is 0 Å². The Balaban J connectivity index is 1.83. The molecule has 0 saturated heterocycles. The van der Waals surface area contributed by atoms with E-state index >= 15 is 0 Å². The van der Waals surface area contributed by atoms with E-state index in [9.17, 15) is 0 Å². The molecule has 0 aliphatic heterocycles. The van der Waals surface area contributed by atoms with Crippen LogP contribution in [-0.4, -0.2) is 31.7 Å². The average Bonchev–Trinajstić information content (AvgIpc) is 2.81. The van der Waals surface area contributed by atoms with Crippen molar-refractivity contribution in [3.63, 3.8) is 0 Å². The molecule has 2 aromatic rings. The molecule has 120 valence electrons. The van der Waals surface area contributed by atoms with E-state index in [1.807, 2.05) is 13.1 Å². The Morgan fingerprint density at radius 2 is 2.23 bits per heavy atom. The summed E-state index contributed by atoms with van der Waals surface area (Å²) in [6, 6.07) is 0.660. The number of aromatic nitrogens is 4. The van der Waals surface area contributed by atoms with Crippen LogP contribution in [-0.2, 0) is 6.42 Å². The summed E-state index contributed by atoms with van der Waals surface area (Å²) in [5, 5.41) is 4.46. The van der Waals surface area contributed by atoms with Crippen molar-refractivity contribution in [1.29, 1.82) is 0 Å². The standard InChI is InChI=1S/C15H24N6O/c1-3-4-9(2)22-15-19-13(17)14-18-8-12(21(14)20-15)7-10-5-11(16)6-10/h8-11H,3-7,16H2,1-2H3,(H2,17,19,20)/t9-,10-,11+/m0/s1. The van der Waals surface area contributed by atoms with Gasteiger partial charge in [-0.25, -0.2) is 9.50 Å². The summed E-state index contributed by atoms with van der Waals surface area (Å²) < 4.78 is 7.52. The molecule has 3 rings (SSSR count). The monoisotopic (exact) mass is 304 g/mol. The van der Waals surface area contributed by atoms with Crippen LogP contribution in [0.5, 0.6) is 6.01 Å². The first-order valence-corrected chi connectivity index (χ1v) is 7.99. The van der Waals surface area contributed by atoms with E-state index in [1.54, 1.807) is 4.52 Å². The number of nitrogens with zero attached hydrogens (tertiary/aromatic N) is 4. The van der Waals surface area contributed by atoms with Gasteiger partial charge >= 0.3 is 6.01 Å². The molecule has 1 aliphatic rings. The number of nitrogen functional groups attached to an aromatic ring is 1. The van der Waals surface area contributed by atoms with Gasteiger partial charge < -0.3 is 16.2 Å². The summed E-state index contributed by atoms with van der Waals surface area (Å²) in [7, 11) is 0. The predicted molar refractivity (Wildman–Crippen MR) is 84.6 cm³/mol. The highest BCUT2D eigenvalue weighted by Gasteiger charge is 2.27. The summed E-state index contributed by atoms with van der Waals surface area (Å²) in [4.78, 5) is 8.53. The molecular formula is C15H24N6O. The summed E-state index contributed by atoms with van der Waals surface area (Å²) in [5.41, 5.74) is 13.5. The van der Waals surface area contributed by atoms with Crippen molar-refractivity contribution in [1.82, 2.24) is 19.6 Å². The van der Waals surface area contributed by atoms with Crippen LogP contribution in [0.15, 0.2) is 6.20 Å². The van der Waals surface area contributed by atoms with Crippen molar-refractivity contribution in [2.45, 2.75) is 58.1 Å². The molecule has 0 unspecified atom stereocenters. The van der Waals surface area contributed by atoms with Crippen LogP contribution < -0.4 is 16.2 Å². The number of hydrogen-bond donors (Lipinski definition) is 2. The van der Waals surface area contributed by atoms with Crippen LogP contribution in [0.25, 0.3) is 5.65 Å². The normalized spacial score (nSPS) is 22.5. The minimum absolute atomic E-state index is 0.0680. The quantitative estimate of drug-likeness (QED) is 0.839. The van der Waals surface area contributed by atoms with Crippen LogP contribution in [0, 0.1) is 5.92 Å². The maximum absolute atomic E-state index is 5.98.